The number of carbonyl (C=O) groups is 1. The van der Waals surface area contributed by atoms with Crippen molar-refractivity contribution in [3.8, 4) is 11.4 Å². The van der Waals surface area contributed by atoms with Crippen molar-refractivity contribution in [3.63, 3.8) is 0 Å². The molecule has 26 heavy (non-hydrogen) atoms. The van der Waals surface area contributed by atoms with Crippen LogP contribution in [0.5, 0.6) is 0 Å². The number of amides is 1. The third-order valence-electron chi connectivity index (χ3n) is 4.72. The Morgan fingerprint density at radius 2 is 2.08 bits per heavy atom. The van der Waals surface area contributed by atoms with Crippen LogP contribution in [-0.4, -0.2) is 57.6 Å². The highest BCUT2D eigenvalue weighted by Crippen LogP contribution is 2.25. The number of hydrogen-bond donors (Lipinski definition) is 0. The van der Waals surface area contributed by atoms with Gasteiger partial charge in [-0.2, -0.15) is 0 Å². The first-order chi connectivity index (χ1) is 12.7. The van der Waals surface area contributed by atoms with E-state index >= 15 is 0 Å². The van der Waals surface area contributed by atoms with Crippen molar-refractivity contribution < 1.29 is 9.53 Å². The summed E-state index contributed by atoms with van der Waals surface area (Å²) in [5, 5.41) is 9.45. The highest BCUT2D eigenvalue weighted by molar-refractivity contribution is 7.99. The Morgan fingerprint density at radius 3 is 2.81 bits per heavy atom. The molecule has 2 heterocycles. The van der Waals surface area contributed by atoms with Gasteiger partial charge in [-0.05, 0) is 26.2 Å². The molecule has 1 atom stereocenters. The molecule has 0 unspecified atom stereocenters. The predicted molar refractivity (Wildman–Crippen MR) is 103 cm³/mol. The first kappa shape index (κ1) is 18.9. The SMILES string of the molecule is COCCn1c(SCC(=O)N2CCCC[C@@H]2C)nnc1-c1ccccc1. The molecule has 1 aromatic carbocycles. The minimum atomic E-state index is 0.185. The van der Waals surface area contributed by atoms with E-state index in [2.05, 4.69) is 17.1 Å². The number of carbonyl (C=O) groups excluding carboxylic acids is 1. The zero-order valence-electron chi connectivity index (χ0n) is 15.4. The van der Waals surface area contributed by atoms with Crippen molar-refractivity contribution in [2.45, 2.75) is 43.9 Å². The molecule has 1 amide bonds. The van der Waals surface area contributed by atoms with Crippen LogP contribution < -0.4 is 0 Å². The number of benzene rings is 1. The van der Waals surface area contributed by atoms with Crippen LogP contribution >= 0.6 is 11.8 Å². The predicted octanol–water partition coefficient (Wildman–Crippen LogP) is 3.08. The molecule has 0 aliphatic carbocycles. The second-order valence-corrected chi connectivity index (χ2v) is 7.48. The number of thioether (sulfide) groups is 1. The Bertz CT molecular complexity index is 720. The normalized spacial score (nSPS) is 17.5. The molecule has 0 bridgehead atoms. The van der Waals surface area contributed by atoms with Crippen LogP contribution in [0.2, 0.25) is 0 Å². The van der Waals surface area contributed by atoms with Crippen LogP contribution in [0.25, 0.3) is 11.4 Å². The van der Waals surface area contributed by atoms with E-state index in [0.29, 0.717) is 24.9 Å². The number of piperidine rings is 1. The number of rotatable bonds is 7. The van der Waals surface area contributed by atoms with Gasteiger partial charge in [-0.1, -0.05) is 42.1 Å². The van der Waals surface area contributed by atoms with Gasteiger partial charge in [-0.25, -0.2) is 0 Å². The van der Waals surface area contributed by atoms with E-state index in [1.165, 1.54) is 18.2 Å². The van der Waals surface area contributed by atoms with E-state index in [0.717, 1.165) is 35.9 Å². The largest absolute Gasteiger partial charge is 0.383 e. The highest BCUT2D eigenvalue weighted by atomic mass is 32.2. The summed E-state index contributed by atoms with van der Waals surface area (Å²) in [5.41, 5.74) is 1.01. The number of ether oxygens (including phenoxy) is 1. The van der Waals surface area contributed by atoms with E-state index < -0.39 is 0 Å². The molecule has 7 heteroatoms. The second kappa shape index (κ2) is 9.19. The fourth-order valence-electron chi connectivity index (χ4n) is 3.26. The van der Waals surface area contributed by atoms with Gasteiger partial charge in [0.15, 0.2) is 11.0 Å². The van der Waals surface area contributed by atoms with Crippen LogP contribution in [0.1, 0.15) is 26.2 Å². The average molecular weight is 375 g/mol. The summed E-state index contributed by atoms with van der Waals surface area (Å²) < 4.78 is 7.27. The van der Waals surface area contributed by atoms with E-state index in [-0.39, 0.29) is 5.91 Å². The molecule has 1 fully saturated rings. The quantitative estimate of drug-likeness (QED) is 0.697. The van der Waals surface area contributed by atoms with Crippen molar-refractivity contribution in [1.82, 2.24) is 19.7 Å². The van der Waals surface area contributed by atoms with Crippen LogP contribution in [-0.2, 0) is 16.1 Å². The third kappa shape index (κ3) is 4.45. The number of aromatic nitrogens is 3. The third-order valence-corrected chi connectivity index (χ3v) is 5.67. The van der Waals surface area contributed by atoms with Gasteiger partial charge >= 0.3 is 0 Å². The standard InChI is InChI=1S/C19H26N4O2S/c1-15-8-6-7-11-22(15)17(24)14-26-19-21-20-18(23(19)12-13-25-2)16-9-4-3-5-10-16/h3-5,9-10,15H,6-8,11-14H2,1-2H3/t15-/m0/s1. The Morgan fingerprint density at radius 1 is 1.27 bits per heavy atom. The lowest BCUT2D eigenvalue weighted by Crippen LogP contribution is -2.43. The molecule has 1 aliphatic rings. The van der Waals surface area contributed by atoms with Crippen LogP contribution in [0.15, 0.2) is 35.5 Å². The molecule has 6 nitrogen and oxygen atoms in total. The lowest BCUT2D eigenvalue weighted by molar-refractivity contribution is -0.131. The van der Waals surface area contributed by atoms with Crippen LogP contribution in [0, 0.1) is 0 Å². The van der Waals surface area contributed by atoms with Gasteiger partial charge in [0.05, 0.1) is 18.9 Å². The minimum Gasteiger partial charge on any atom is -0.383 e. The fourth-order valence-corrected chi connectivity index (χ4v) is 4.11. The number of hydrogen-bond acceptors (Lipinski definition) is 5. The summed E-state index contributed by atoms with van der Waals surface area (Å²) in [6.07, 6.45) is 3.41. The fraction of sp³-hybridized carbons (Fsp3) is 0.526. The maximum Gasteiger partial charge on any atom is 0.233 e. The van der Waals surface area contributed by atoms with Crippen LogP contribution in [0.4, 0.5) is 0 Å². The maximum absolute atomic E-state index is 12.6. The van der Waals surface area contributed by atoms with Crippen LogP contribution in [0.3, 0.4) is 0 Å². The smallest absolute Gasteiger partial charge is 0.233 e. The van der Waals surface area contributed by atoms with Crippen molar-refractivity contribution >= 4 is 17.7 Å². The Kier molecular flexibility index (Phi) is 6.68. The molecule has 0 radical (unpaired) electrons. The summed E-state index contributed by atoms with van der Waals surface area (Å²) in [7, 11) is 1.68. The summed E-state index contributed by atoms with van der Waals surface area (Å²) in [6.45, 7) is 4.23. The molecule has 1 aromatic heterocycles. The molecule has 1 saturated heterocycles. The van der Waals surface area contributed by atoms with Crippen molar-refractivity contribution in [1.29, 1.82) is 0 Å². The maximum atomic E-state index is 12.6. The first-order valence-electron chi connectivity index (χ1n) is 9.10. The van der Waals surface area contributed by atoms with Gasteiger partial charge < -0.3 is 9.64 Å². The molecule has 3 rings (SSSR count). The van der Waals surface area contributed by atoms with Gasteiger partial charge in [0, 0.05) is 25.3 Å². The van der Waals surface area contributed by atoms with Gasteiger partial charge in [0.2, 0.25) is 5.91 Å². The van der Waals surface area contributed by atoms with E-state index in [1.54, 1.807) is 7.11 Å². The Balaban J connectivity index is 1.72. The molecule has 140 valence electrons. The Hall–Kier alpha value is -1.86. The van der Waals surface area contributed by atoms with Crippen molar-refractivity contribution in [2.75, 3.05) is 26.0 Å². The van der Waals surface area contributed by atoms with E-state index in [4.69, 9.17) is 4.74 Å². The van der Waals surface area contributed by atoms with Gasteiger partial charge in [-0.3, -0.25) is 9.36 Å². The zero-order valence-corrected chi connectivity index (χ0v) is 16.2. The Labute approximate surface area is 158 Å². The van der Waals surface area contributed by atoms with Crippen molar-refractivity contribution in [3.05, 3.63) is 30.3 Å². The molecular formula is C19H26N4O2S. The number of methoxy groups -OCH3 is 1. The lowest BCUT2D eigenvalue weighted by atomic mass is 10.0. The topological polar surface area (TPSA) is 60.2 Å². The molecule has 0 spiro atoms. The summed E-state index contributed by atoms with van der Waals surface area (Å²) in [6, 6.07) is 10.3. The highest BCUT2D eigenvalue weighted by Gasteiger charge is 2.24. The average Bonchev–Trinajstić information content (AvgIpc) is 3.08. The van der Waals surface area contributed by atoms with Crippen molar-refractivity contribution in [2.24, 2.45) is 0 Å². The molecule has 2 aromatic rings. The monoisotopic (exact) mass is 374 g/mol. The summed E-state index contributed by atoms with van der Waals surface area (Å²) in [4.78, 5) is 14.6. The van der Waals surface area contributed by atoms with Gasteiger partial charge in [0.25, 0.3) is 0 Å². The number of likely N-dealkylation sites (tertiary alicyclic amines) is 1. The van der Waals surface area contributed by atoms with E-state index in [9.17, 15) is 4.79 Å². The number of nitrogens with zero attached hydrogens (tertiary/aromatic N) is 4. The van der Waals surface area contributed by atoms with Gasteiger partial charge in [-0.15, -0.1) is 10.2 Å². The minimum absolute atomic E-state index is 0.185. The molecular weight excluding hydrogens is 348 g/mol. The summed E-state index contributed by atoms with van der Waals surface area (Å²) in [5.74, 6) is 1.39. The van der Waals surface area contributed by atoms with E-state index in [1.807, 2.05) is 39.8 Å². The van der Waals surface area contributed by atoms with Gasteiger partial charge in [0.1, 0.15) is 0 Å². The second-order valence-electron chi connectivity index (χ2n) is 6.54. The molecule has 0 N–H and O–H groups in total. The molecule has 0 saturated carbocycles. The first-order valence-corrected chi connectivity index (χ1v) is 10.1. The lowest BCUT2D eigenvalue weighted by Gasteiger charge is -2.33. The summed E-state index contributed by atoms with van der Waals surface area (Å²) >= 11 is 1.46. The molecule has 1 aliphatic heterocycles. The zero-order chi connectivity index (χ0) is 18.4.